The first-order chi connectivity index (χ1) is 8.58. The zero-order valence-corrected chi connectivity index (χ0v) is 10.0. The number of rotatable bonds is 3. The summed E-state index contributed by atoms with van der Waals surface area (Å²) in [6.45, 7) is 0.473. The number of phenolic OH excluding ortho intramolecular Hbond substituents is 1. The summed E-state index contributed by atoms with van der Waals surface area (Å²) in [7, 11) is 0. The van der Waals surface area contributed by atoms with Gasteiger partial charge in [0.15, 0.2) is 0 Å². The highest BCUT2D eigenvalue weighted by Gasteiger charge is 2.23. The lowest BCUT2D eigenvalue weighted by atomic mass is 10.1. The zero-order valence-electron chi connectivity index (χ0n) is 10.0. The van der Waals surface area contributed by atoms with E-state index in [-0.39, 0.29) is 17.4 Å². The molecule has 0 radical (unpaired) electrons. The van der Waals surface area contributed by atoms with Crippen molar-refractivity contribution in [3.8, 4) is 5.75 Å². The minimum atomic E-state index is -0.712. The van der Waals surface area contributed by atoms with E-state index in [0.29, 0.717) is 12.5 Å². The summed E-state index contributed by atoms with van der Waals surface area (Å²) < 4.78 is 13.4. The molecule has 0 aromatic heterocycles. The molecule has 1 fully saturated rings. The van der Waals surface area contributed by atoms with Crippen LogP contribution in [-0.2, 0) is 0 Å². The Morgan fingerprint density at radius 2 is 2.28 bits per heavy atom. The fourth-order valence-corrected chi connectivity index (χ4v) is 2.36. The molecule has 0 spiro atoms. The van der Waals surface area contributed by atoms with Crippen molar-refractivity contribution in [3.63, 3.8) is 0 Å². The molecule has 0 bridgehead atoms. The Morgan fingerprint density at radius 1 is 1.50 bits per heavy atom. The zero-order chi connectivity index (χ0) is 13.1. The summed E-state index contributed by atoms with van der Waals surface area (Å²) in [4.78, 5) is 11.8. The summed E-state index contributed by atoms with van der Waals surface area (Å²) in [6, 6.07) is 4.01. The van der Waals surface area contributed by atoms with Crippen LogP contribution in [0.15, 0.2) is 18.2 Å². The van der Waals surface area contributed by atoms with Crippen molar-refractivity contribution in [2.75, 3.05) is 6.54 Å². The van der Waals surface area contributed by atoms with E-state index in [1.165, 1.54) is 12.1 Å². The maximum atomic E-state index is 13.4. The molecular formula is C13H17FN2O2. The fraction of sp³-hybridized carbons (Fsp3) is 0.462. The second-order valence-electron chi connectivity index (χ2n) is 4.78. The third-order valence-corrected chi connectivity index (χ3v) is 3.35. The average Bonchev–Trinajstić information content (AvgIpc) is 2.72. The summed E-state index contributed by atoms with van der Waals surface area (Å²) in [5.41, 5.74) is 5.49. The van der Waals surface area contributed by atoms with Gasteiger partial charge in [0.2, 0.25) is 0 Å². The maximum Gasteiger partial charge on any atom is 0.258 e. The second-order valence-corrected chi connectivity index (χ2v) is 4.78. The number of carbonyl (C=O) groups is 1. The quantitative estimate of drug-likeness (QED) is 0.761. The molecule has 18 heavy (non-hydrogen) atoms. The van der Waals surface area contributed by atoms with E-state index in [4.69, 9.17) is 5.73 Å². The van der Waals surface area contributed by atoms with E-state index in [1.807, 2.05) is 0 Å². The summed E-state index contributed by atoms with van der Waals surface area (Å²) in [6.07, 6.45) is 2.82. The number of hydrogen-bond donors (Lipinski definition) is 3. The molecule has 4 N–H and O–H groups in total. The van der Waals surface area contributed by atoms with E-state index in [2.05, 4.69) is 5.32 Å². The van der Waals surface area contributed by atoms with Gasteiger partial charge in [-0.15, -0.1) is 0 Å². The number of carbonyl (C=O) groups excluding carboxylic acids is 1. The smallest absolute Gasteiger partial charge is 0.258 e. The molecule has 2 rings (SSSR count). The summed E-state index contributed by atoms with van der Waals surface area (Å²) in [5, 5.41) is 12.1. The van der Waals surface area contributed by atoms with Crippen molar-refractivity contribution >= 4 is 5.91 Å². The molecular weight excluding hydrogens is 235 g/mol. The number of phenols is 1. The number of nitrogens with one attached hydrogen (secondary N) is 1. The van der Waals surface area contributed by atoms with Crippen molar-refractivity contribution in [1.82, 2.24) is 5.32 Å². The highest BCUT2D eigenvalue weighted by Crippen LogP contribution is 2.24. The van der Waals surface area contributed by atoms with Crippen LogP contribution in [0.25, 0.3) is 0 Å². The normalized spacial score (nSPS) is 23.0. The molecule has 1 aliphatic carbocycles. The van der Waals surface area contributed by atoms with Gasteiger partial charge >= 0.3 is 0 Å². The molecule has 0 aliphatic heterocycles. The lowest BCUT2D eigenvalue weighted by molar-refractivity contribution is 0.0940. The average molecular weight is 252 g/mol. The van der Waals surface area contributed by atoms with E-state index >= 15 is 0 Å². The van der Waals surface area contributed by atoms with Crippen LogP contribution in [0.1, 0.15) is 29.6 Å². The molecule has 2 unspecified atom stereocenters. The molecule has 1 saturated carbocycles. The molecule has 1 aromatic rings. The standard InChI is InChI=1S/C13H17FN2O2/c14-10-2-1-3-11(17)12(10)13(18)16-7-8-4-5-9(15)6-8/h1-3,8-9,17H,4-7,15H2,(H,16,18). The Balaban J connectivity index is 1.96. The first-order valence-corrected chi connectivity index (χ1v) is 6.09. The second kappa shape index (κ2) is 5.35. The Hall–Kier alpha value is -1.62. The lowest BCUT2D eigenvalue weighted by Crippen LogP contribution is -2.29. The summed E-state index contributed by atoms with van der Waals surface area (Å²) in [5.74, 6) is -1.28. The van der Waals surface area contributed by atoms with Gasteiger partial charge in [-0.1, -0.05) is 6.07 Å². The van der Waals surface area contributed by atoms with Crippen molar-refractivity contribution in [1.29, 1.82) is 0 Å². The molecule has 0 saturated heterocycles. The number of hydrogen-bond acceptors (Lipinski definition) is 3. The molecule has 1 aliphatic rings. The van der Waals surface area contributed by atoms with Gasteiger partial charge in [-0.25, -0.2) is 4.39 Å². The number of nitrogens with two attached hydrogens (primary N) is 1. The summed E-state index contributed by atoms with van der Waals surface area (Å²) >= 11 is 0. The number of amides is 1. The van der Waals surface area contributed by atoms with Gasteiger partial charge in [-0.2, -0.15) is 0 Å². The first-order valence-electron chi connectivity index (χ1n) is 6.09. The van der Waals surface area contributed by atoms with Crippen LogP contribution in [0.3, 0.4) is 0 Å². The molecule has 1 amide bonds. The largest absolute Gasteiger partial charge is 0.507 e. The SMILES string of the molecule is NC1CCC(CNC(=O)c2c(O)cccc2F)C1. The van der Waals surface area contributed by atoms with Crippen LogP contribution >= 0.6 is 0 Å². The Labute approximate surface area is 105 Å². The third kappa shape index (κ3) is 2.79. The van der Waals surface area contributed by atoms with Gasteiger partial charge in [-0.05, 0) is 37.3 Å². The minimum Gasteiger partial charge on any atom is -0.507 e. The molecule has 4 nitrogen and oxygen atoms in total. The van der Waals surface area contributed by atoms with Crippen LogP contribution in [0.5, 0.6) is 5.75 Å². The van der Waals surface area contributed by atoms with Gasteiger partial charge in [0.25, 0.3) is 5.91 Å². The maximum absolute atomic E-state index is 13.4. The van der Waals surface area contributed by atoms with Crippen LogP contribution in [0.4, 0.5) is 4.39 Å². The van der Waals surface area contributed by atoms with E-state index in [1.54, 1.807) is 0 Å². The van der Waals surface area contributed by atoms with Gasteiger partial charge in [-0.3, -0.25) is 4.79 Å². The van der Waals surface area contributed by atoms with Crippen LogP contribution in [0.2, 0.25) is 0 Å². The van der Waals surface area contributed by atoms with Crippen molar-refractivity contribution in [2.45, 2.75) is 25.3 Å². The van der Waals surface area contributed by atoms with E-state index in [0.717, 1.165) is 25.3 Å². The Morgan fingerprint density at radius 3 is 2.89 bits per heavy atom. The predicted molar refractivity (Wildman–Crippen MR) is 65.7 cm³/mol. The van der Waals surface area contributed by atoms with Gasteiger partial charge in [0, 0.05) is 12.6 Å². The highest BCUT2D eigenvalue weighted by molar-refractivity contribution is 5.97. The van der Waals surface area contributed by atoms with Gasteiger partial charge < -0.3 is 16.2 Å². The lowest BCUT2D eigenvalue weighted by Gasteiger charge is -2.12. The highest BCUT2D eigenvalue weighted by atomic mass is 19.1. The number of aromatic hydroxyl groups is 1. The van der Waals surface area contributed by atoms with Crippen molar-refractivity contribution < 1.29 is 14.3 Å². The first kappa shape index (κ1) is 12.8. The van der Waals surface area contributed by atoms with Crippen LogP contribution in [-0.4, -0.2) is 23.6 Å². The molecule has 1 aromatic carbocycles. The van der Waals surface area contributed by atoms with E-state index < -0.39 is 11.7 Å². The number of halogens is 1. The Kier molecular flexibility index (Phi) is 3.81. The molecule has 0 heterocycles. The number of benzene rings is 1. The van der Waals surface area contributed by atoms with Crippen molar-refractivity contribution in [2.24, 2.45) is 11.7 Å². The molecule has 5 heteroatoms. The fourth-order valence-electron chi connectivity index (χ4n) is 2.36. The van der Waals surface area contributed by atoms with Gasteiger partial charge in [0.05, 0.1) is 0 Å². The minimum absolute atomic E-state index is 0.203. The third-order valence-electron chi connectivity index (χ3n) is 3.35. The Bertz CT molecular complexity index is 430. The van der Waals surface area contributed by atoms with Crippen LogP contribution < -0.4 is 11.1 Å². The topological polar surface area (TPSA) is 75.3 Å². The molecule has 2 atom stereocenters. The predicted octanol–water partition coefficient (Wildman–Crippen LogP) is 1.39. The monoisotopic (exact) mass is 252 g/mol. The van der Waals surface area contributed by atoms with E-state index in [9.17, 15) is 14.3 Å². The van der Waals surface area contributed by atoms with Gasteiger partial charge in [0.1, 0.15) is 17.1 Å². The van der Waals surface area contributed by atoms with Crippen molar-refractivity contribution in [3.05, 3.63) is 29.6 Å². The van der Waals surface area contributed by atoms with Crippen LogP contribution in [0, 0.1) is 11.7 Å². The molecule has 98 valence electrons.